The summed E-state index contributed by atoms with van der Waals surface area (Å²) in [6, 6.07) is 14.5. The highest BCUT2D eigenvalue weighted by Gasteiger charge is 2.29. The number of rotatable bonds is 7. The molecule has 2 unspecified atom stereocenters. The molecule has 0 aromatic heterocycles. The van der Waals surface area contributed by atoms with Gasteiger partial charge in [-0.1, -0.05) is 30.3 Å². The van der Waals surface area contributed by atoms with Crippen molar-refractivity contribution in [2.45, 2.75) is 51.9 Å². The van der Waals surface area contributed by atoms with Crippen LogP contribution in [0.5, 0.6) is 5.75 Å². The lowest BCUT2D eigenvalue weighted by atomic mass is 10.1. The van der Waals surface area contributed by atoms with Crippen molar-refractivity contribution in [3.8, 4) is 5.75 Å². The van der Waals surface area contributed by atoms with Gasteiger partial charge in [0, 0.05) is 43.8 Å². The van der Waals surface area contributed by atoms with E-state index in [1.54, 1.807) is 6.07 Å². The first-order valence-electron chi connectivity index (χ1n) is 11.5. The summed E-state index contributed by atoms with van der Waals surface area (Å²) in [6.07, 6.45) is 1.68. The average Bonchev–Trinajstić information content (AvgIpc) is 3.13. The van der Waals surface area contributed by atoms with E-state index in [-0.39, 0.29) is 36.6 Å². The minimum Gasteiger partial charge on any atom is -0.467 e. The van der Waals surface area contributed by atoms with E-state index in [1.165, 1.54) is 11.6 Å². The zero-order valence-electron chi connectivity index (χ0n) is 19.4. The number of hydrogen-bond acceptors (Lipinski definition) is 4. The topological polar surface area (TPSA) is 58.1 Å². The predicted octanol–water partition coefficient (Wildman–Crippen LogP) is 4.07. The van der Waals surface area contributed by atoms with Crippen molar-refractivity contribution in [1.82, 2.24) is 15.5 Å². The molecule has 8 heteroatoms. The number of ether oxygens (including phenoxy) is 2. The Morgan fingerprint density at radius 2 is 2.06 bits per heavy atom. The third-order valence-electron chi connectivity index (χ3n) is 6.02. The second-order valence-electron chi connectivity index (χ2n) is 8.52. The molecule has 2 aromatic carbocycles. The molecule has 0 saturated carbocycles. The van der Waals surface area contributed by atoms with Gasteiger partial charge in [0.15, 0.2) is 12.8 Å². The molecule has 2 heterocycles. The summed E-state index contributed by atoms with van der Waals surface area (Å²) in [4.78, 5) is 7.26. The van der Waals surface area contributed by atoms with Gasteiger partial charge in [-0.15, -0.1) is 24.0 Å². The SMILES string of the molecule is CCNC(=NCCc1cc(F)cc2c1OCOC2)NC1CC(C)N(Cc2ccccc2)C1.I. The number of halogens is 2. The van der Waals surface area contributed by atoms with Crippen molar-refractivity contribution < 1.29 is 13.9 Å². The Labute approximate surface area is 213 Å². The zero-order chi connectivity index (χ0) is 22.3. The predicted molar refractivity (Wildman–Crippen MR) is 140 cm³/mol. The van der Waals surface area contributed by atoms with E-state index >= 15 is 0 Å². The molecular weight excluding hydrogens is 534 g/mol. The molecule has 0 aliphatic carbocycles. The van der Waals surface area contributed by atoms with E-state index in [1.807, 2.05) is 0 Å². The maximum absolute atomic E-state index is 14.0. The first-order chi connectivity index (χ1) is 15.6. The quantitative estimate of drug-likeness (QED) is 0.300. The highest BCUT2D eigenvalue weighted by atomic mass is 127. The summed E-state index contributed by atoms with van der Waals surface area (Å²) in [6.45, 7) is 8.21. The molecule has 6 nitrogen and oxygen atoms in total. The molecule has 2 N–H and O–H groups in total. The number of likely N-dealkylation sites (tertiary alicyclic amines) is 1. The minimum absolute atomic E-state index is 0. The summed E-state index contributed by atoms with van der Waals surface area (Å²) in [5.74, 6) is 1.29. The molecule has 2 atom stereocenters. The van der Waals surface area contributed by atoms with E-state index in [2.05, 4.69) is 59.7 Å². The average molecular weight is 568 g/mol. The van der Waals surface area contributed by atoms with Gasteiger partial charge >= 0.3 is 0 Å². The number of guanidine groups is 1. The third-order valence-corrected chi connectivity index (χ3v) is 6.02. The van der Waals surface area contributed by atoms with Crippen LogP contribution in [-0.2, 0) is 24.3 Å². The lowest BCUT2D eigenvalue weighted by Crippen LogP contribution is -2.44. The van der Waals surface area contributed by atoms with Crippen molar-refractivity contribution in [2.75, 3.05) is 26.4 Å². The Morgan fingerprint density at radius 3 is 2.85 bits per heavy atom. The van der Waals surface area contributed by atoms with Crippen LogP contribution in [0.15, 0.2) is 47.5 Å². The molecule has 180 valence electrons. The number of hydrogen-bond donors (Lipinski definition) is 2. The Kier molecular flexibility index (Phi) is 9.76. The number of nitrogens with one attached hydrogen (secondary N) is 2. The van der Waals surface area contributed by atoms with Crippen LogP contribution in [-0.4, -0.2) is 49.4 Å². The van der Waals surface area contributed by atoms with Gasteiger partial charge in [0.2, 0.25) is 0 Å². The largest absolute Gasteiger partial charge is 0.467 e. The van der Waals surface area contributed by atoms with Crippen LogP contribution in [0.1, 0.15) is 37.0 Å². The lowest BCUT2D eigenvalue weighted by molar-refractivity contribution is -0.0172. The molecule has 0 bridgehead atoms. The van der Waals surface area contributed by atoms with E-state index in [4.69, 9.17) is 14.5 Å². The Hall–Kier alpha value is -1.91. The standard InChI is InChI=1S/C25H33FN4O2.HI/c1-3-27-25(28-10-9-20-12-22(26)13-21-16-31-17-32-24(20)21)29-23-11-18(2)30(15-23)14-19-7-5-4-6-8-19;/h4-8,12-13,18,23H,3,9-11,14-17H2,1-2H3,(H2,27,28,29);1H. The van der Waals surface area contributed by atoms with Gasteiger partial charge in [-0.25, -0.2) is 4.39 Å². The van der Waals surface area contributed by atoms with Crippen LogP contribution < -0.4 is 15.4 Å². The Morgan fingerprint density at radius 1 is 1.24 bits per heavy atom. The molecule has 0 spiro atoms. The molecule has 0 amide bonds. The highest BCUT2D eigenvalue weighted by molar-refractivity contribution is 14.0. The number of nitrogens with zero attached hydrogens (tertiary/aromatic N) is 2. The fourth-order valence-corrected chi connectivity index (χ4v) is 4.49. The summed E-state index contributed by atoms with van der Waals surface area (Å²) in [7, 11) is 0. The fraction of sp³-hybridized carbons (Fsp3) is 0.480. The molecule has 2 aliphatic rings. The van der Waals surface area contributed by atoms with Gasteiger partial charge in [0.1, 0.15) is 11.6 Å². The van der Waals surface area contributed by atoms with E-state index in [9.17, 15) is 4.39 Å². The molecule has 2 aromatic rings. The van der Waals surface area contributed by atoms with Gasteiger partial charge in [-0.3, -0.25) is 9.89 Å². The normalized spacial score (nSPS) is 20.5. The van der Waals surface area contributed by atoms with E-state index in [0.717, 1.165) is 48.9 Å². The first-order valence-corrected chi connectivity index (χ1v) is 11.5. The van der Waals surface area contributed by atoms with Gasteiger partial charge < -0.3 is 20.1 Å². The van der Waals surface area contributed by atoms with Crippen LogP contribution in [0, 0.1) is 5.82 Å². The summed E-state index contributed by atoms with van der Waals surface area (Å²) in [5.41, 5.74) is 2.94. The maximum Gasteiger partial charge on any atom is 0.191 e. The number of aliphatic imine (C=N–C) groups is 1. The van der Waals surface area contributed by atoms with Crippen molar-refractivity contribution in [2.24, 2.45) is 4.99 Å². The Balaban J connectivity index is 0.00000306. The smallest absolute Gasteiger partial charge is 0.191 e. The van der Waals surface area contributed by atoms with Gasteiger partial charge in [-0.05, 0) is 49.9 Å². The molecule has 2 aliphatic heterocycles. The lowest BCUT2D eigenvalue weighted by Gasteiger charge is -2.21. The third kappa shape index (κ3) is 7.04. The second-order valence-corrected chi connectivity index (χ2v) is 8.52. The molecule has 0 radical (unpaired) electrons. The van der Waals surface area contributed by atoms with Crippen molar-refractivity contribution in [3.63, 3.8) is 0 Å². The number of benzene rings is 2. The van der Waals surface area contributed by atoms with Crippen molar-refractivity contribution >= 4 is 29.9 Å². The van der Waals surface area contributed by atoms with Gasteiger partial charge in [0.05, 0.1) is 6.61 Å². The van der Waals surface area contributed by atoms with Crippen molar-refractivity contribution in [3.05, 3.63) is 65.0 Å². The summed E-state index contributed by atoms with van der Waals surface area (Å²) < 4.78 is 24.9. The van der Waals surface area contributed by atoms with E-state index in [0.29, 0.717) is 31.7 Å². The highest BCUT2D eigenvalue weighted by Crippen LogP contribution is 2.29. The first kappa shape index (κ1) is 25.7. The maximum atomic E-state index is 14.0. The van der Waals surface area contributed by atoms with Crippen molar-refractivity contribution in [1.29, 1.82) is 0 Å². The molecule has 4 rings (SSSR count). The number of fused-ring (bicyclic) bond motifs is 1. The summed E-state index contributed by atoms with van der Waals surface area (Å²) in [5, 5.41) is 6.94. The second kappa shape index (κ2) is 12.5. The van der Waals surface area contributed by atoms with Crippen LogP contribution >= 0.6 is 24.0 Å². The minimum atomic E-state index is -0.264. The van der Waals surface area contributed by atoms with Gasteiger partial charge in [-0.2, -0.15) is 0 Å². The van der Waals surface area contributed by atoms with Crippen LogP contribution in [0.4, 0.5) is 4.39 Å². The summed E-state index contributed by atoms with van der Waals surface area (Å²) >= 11 is 0. The van der Waals surface area contributed by atoms with Crippen LogP contribution in [0.3, 0.4) is 0 Å². The molecule has 33 heavy (non-hydrogen) atoms. The van der Waals surface area contributed by atoms with Gasteiger partial charge in [0.25, 0.3) is 0 Å². The van der Waals surface area contributed by atoms with E-state index < -0.39 is 0 Å². The monoisotopic (exact) mass is 568 g/mol. The molecule has 1 saturated heterocycles. The molecular formula is C25H34FIN4O2. The molecule has 1 fully saturated rings. The fourth-order valence-electron chi connectivity index (χ4n) is 4.49. The van der Waals surface area contributed by atoms with Crippen LogP contribution in [0.2, 0.25) is 0 Å². The zero-order valence-corrected chi connectivity index (χ0v) is 21.7. The Bertz CT molecular complexity index is 928. The van der Waals surface area contributed by atoms with Crippen LogP contribution in [0.25, 0.3) is 0 Å².